The van der Waals surface area contributed by atoms with Gasteiger partial charge in [-0.1, -0.05) is 72.3 Å². The van der Waals surface area contributed by atoms with E-state index in [2.05, 4.69) is 20.6 Å². The molecule has 0 saturated heterocycles. The highest BCUT2D eigenvalue weighted by Gasteiger charge is 2.21. The van der Waals surface area contributed by atoms with Crippen molar-refractivity contribution in [2.75, 3.05) is 37.9 Å². The lowest BCUT2D eigenvalue weighted by molar-refractivity contribution is -0.111. The maximum Gasteiger partial charge on any atom is 0.248 e. The predicted molar refractivity (Wildman–Crippen MR) is 173 cm³/mol. The Kier molecular flexibility index (Phi) is 10.1. The number of fused-ring (bicyclic) bond motifs is 1. The van der Waals surface area contributed by atoms with E-state index in [9.17, 15) is 9.18 Å². The van der Waals surface area contributed by atoms with Crippen molar-refractivity contribution in [3.63, 3.8) is 0 Å². The monoisotopic (exact) mass is 615 g/mol. The van der Waals surface area contributed by atoms with Crippen molar-refractivity contribution in [1.29, 1.82) is 0 Å². The molecule has 0 radical (unpaired) electrons. The fraction of sp³-hybridized carbons (Fsp3) is 0.182. The Hall–Kier alpha value is -4.15. The first-order valence-electron chi connectivity index (χ1n) is 13.7. The summed E-state index contributed by atoms with van der Waals surface area (Å²) in [4.78, 5) is 24.3. The molecule has 0 spiro atoms. The fourth-order valence-electron chi connectivity index (χ4n) is 4.57. The van der Waals surface area contributed by atoms with Crippen molar-refractivity contribution in [2.45, 2.75) is 12.6 Å². The Balaban J connectivity index is 1.43. The van der Waals surface area contributed by atoms with Gasteiger partial charge in [0.1, 0.15) is 27.1 Å². The minimum absolute atomic E-state index is 0.213. The van der Waals surface area contributed by atoms with Gasteiger partial charge in [0.2, 0.25) is 5.91 Å². The number of nitrogens with one attached hydrogen (secondary N) is 2. The zero-order valence-electron chi connectivity index (χ0n) is 23.8. The van der Waals surface area contributed by atoms with Gasteiger partial charge in [0.05, 0.1) is 24.6 Å². The number of halogens is 2. The molecule has 10 heteroatoms. The summed E-state index contributed by atoms with van der Waals surface area (Å²) in [5, 5.41) is 7.25. The van der Waals surface area contributed by atoms with E-state index in [0.717, 1.165) is 32.5 Å². The Morgan fingerprint density at radius 1 is 1.07 bits per heavy atom. The number of anilines is 2. The van der Waals surface area contributed by atoms with E-state index in [1.54, 1.807) is 6.07 Å². The molecule has 0 aliphatic rings. The standard InChI is InChI=1S/C33H31ClFN5O2S/c1-40(2)16-8-15-28(41)38-26-14-7-12-24(18-26)29-30-32(36-21-37-33(30)43-31(29)34)39-27(23-10-4-3-5-11-23)20-42-19-22-9-6-13-25(35)17-22/h3-15,17-18,21,27H,16,19-20H2,1-2H3,(H,38,41)(H,36,37,39)/t27-/m1/s1. The smallest absolute Gasteiger partial charge is 0.248 e. The van der Waals surface area contributed by atoms with Gasteiger partial charge in [-0.25, -0.2) is 14.4 Å². The Morgan fingerprint density at radius 3 is 2.67 bits per heavy atom. The quantitative estimate of drug-likeness (QED) is 0.141. The van der Waals surface area contributed by atoms with Crippen molar-refractivity contribution in [3.05, 3.63) is 119 Å². The maximum absolute atomic E-state index is 13.7. The molecule has 0 aliphatic carbocycles. The second-order valence-electron chi connectivity index (χ2n) is 10.1. The van der Waals surface area contributed by atoms with Crippen LogP contribution in [0.25, 0.3) is 21.3 Å². The van der Waals surface area contributed by atoms with Crippen LogP contribution >= 0.6 is 22.9 Å². The van der Waals surface area contributed by atoms with Gasteiger partial charge >= 0.3 is 0 Å². The number of hydrogen-bond acceptors (Lipinski definition) is 7. The summed E-state index contributed by atoms with van der Waals surface area (Å²) in [6.45, 7) is 1.24. The zero-order valence-corrected chi connectivity index (χ0v) is 25.3. The lowest BCUT2D eigenvalue weighted by Crippen LogP contribution is -2.18. The summed E-state index contributed by atoms with van der Waals surface area (Å²) < 4.78 is 20.3. The minimum Gasteiger partial charge on any atom is -0.374 e. The number of ether oxygens (including phenoxy) is 1. The molecule has 0 aliphatic heterocycles. The Morgan fingerprint density at radius 2 is 1.88 bits per heavy atom. The van der Waals surface area contributed by atoms with Crippen LogP contribution in [0.2, 0.25) is 4.34 Å². The number of benzene rings is 3. The van der Waals surface area contributed by atoms with Crippen LogP contribution in [-0.4, -0.2) is 48.0 Å². The molecule has 0 bridgehead atoms. The van der Waals surface area contributed by atoms with E-state index in [4.69, 9.17) is 16.3 Å². The van der Waals surface area contributed by atoms with Crippen LogP contribution < -0.4 is 10.6 Å². The van der Waals surface area contributed by atoms with Crippen LogP contribution in [0.3, 0.4) is 0 Å². The van der Waals surface area contributed by atoms with Gasteiger partial charge in [-0.2, -0.15) is 0 Å². The topological polar surface area (TPSA) is 79.4 Å². The highest BCUT2D eigenvalue weighted by Crippen LogP contribution is 2.44. The van der Waals surface area contributed by atoms with E-state index in [-0.39, 0.29) is 24.4 Å². The van der Waals surface area contributed by atoms with E-state index < -0.39 is 0 Å². The molecule has 2 heterocycles. The molecule has 43 heavy (non-hydrogen) atoms. The van der Waals surface area contributed by atoms with E-state index in [0.29, 0.717) is 29.0 Å². The largest absolute Gasteiger partial charge is 0.374 e. The van der Waals surface area contributed by atoms with Crippen molar-refractivity contribution < 1.29 is 13.9 Å². The van der Waals surface area contributed by atoms with Gasteiger partial charge in [-0.3, -0.25) is 4.79 Å². The molecule has 7 nitrogen and oxygen atoms in total. The summed E-state index contributed by atoms with van der Waals surface area (Å²) >= 11 is 8.18. The SMILES string of the molecule is CN(C)CC=CC(=O)Nc1cccc(-c2c(Cl)sc3ncnc(N[C@H](COCc4cccc(F)c4)c4ccccc4)c23)c1. The molecule has 0 fully saturated rings. The number of likely N-dealkylation sites (N-methyl/N-ethyl adjacent to an activating group) is 1. The number of nitrogens with zero attached hydrogens (tertiary/aromatic N) is 3. The van der Waals surface area contributed by atoms with Crippen molar-refractivity contribution in [1.82, 2.24) is 14.9 Å². The summed E-state index contributed by atoms with van der Waals surface area (Å²) in [5.41, 5.74) is 4.00. The third-order valence-electron chi connectivity index (χ3n) is 6.56. The highest BCUT2D eigenvalue weighted by molar-refractivity contribution is 7.23. The first-order chi connectivity index (χ1) is 20.9. The number of carbonyl (C=O) groups is 1. The van der Waals surface area contributed by atoms with Gasteiger partial charge in [0, 0.05) is 23.9 Å². The predicted octanol–water partition coefficient (Wildman–Crippen LogP) is 7.58. The summed E-state index contributed by atoms with van der Waals surface area (Å²) in [7, 11) is 3.88. The van der Waals surface area contributed by atoms with E-state index in [1.807, 2.05) is 85.7 Å². The number of rotatable bonds is 12. The Labute approximate surface area is 259 Å². The molecule has 0 saturated carbocycles. The van der Waals surface area contributed by atoms with Crippen LogP contribution in [0.5, 0.6) is 0 Å². The molecule has 220 valence electrons. The average molecular weight is 616 g/mol. The Bertz CT molecular complexity index is 1730. The molecule has 5 aromatic rings. The average Bonchev–Trinajstić information content (AvgIpc) is 3.33. The van der Waals surface area contributed by atoms with Crippen molar-refractivity contribution in [2.24, 2.45) is 0 Å². The molecule has 5 rings (SSSR count). The van der Waals surface area contributed by atoms with Crippen LogP contribution in [-0.2, 0) is 16.1 Å². The molecular weight excluding hydrogens is 585 g/mol. The van der Waals surface area contributed by atoms with Gasteiger partial charge in [0.25, 0.3) is 0 Å². The maximum atomic E-state index is 13.7. The first kappa shape index (κ1) is 30.3. The summed E-state index contributed by atoms with van der Waals surface area (Å²) in [6.07, 6.45) is 4.84. The van der Waals surface area contributed by atoms with Crippen LogP contribution in [0.4, 0.5) is 15.9 Å². The van der Waals surface area contributed by atoms with Crippen LogP contribution in [0.15, 0.2) is 97.3 Å². The highest BCUT2D eigenvalue weighted by atomic mass is 35.5. The second kappa shape index (κ2) is 14.3. The molecule has 0 unspecified atom stereocenters. The normalized spacial score (nSPS) is 12.2. The minimum atomic E-state index is -0.298. The number of thiophene rings is 1. The van der Waals surface area contributed by atoms with Gasteiger partial charge in [-0.15, -0.1) is 11.3 Å². The number of aromatic nitrogens is 2. The van der Waals surface area contributed by atoms with Crippen molar-refractivity contribution in [3.8, 4) is 11.1 Å². The number of hydrogen-bond donors (Lipinski definition) is 2. The zero-order chi connectivity index (χ0) is 30.2. The van der Waals surface area contributed by atoms with Gasteiger partial charge in [0.15, 0.2) is 0 Å². The third kappa shape index (κ3) is 8.03. The molecular formula is C33H31ClFN5O2S. The van der Waals surface area contributed by atoms with E-state index in [1.165, 1.54) is 35.9 Å². The second-order valence-corrected chi connectivity index (χ2v) is 11.7. The summed E-state index contributed by atoms with van der Waals surface area (Å²) in [5.74, 6) is 0.0934. The van der Waals surface area contributed by atoms with Crippen LogP contribution in [0, 0.1) is 5.82 Å². The lowest BCUT2D eigenvalue weighted by atomic mass is 10.0. The first-order valence-corrected chi connectivity index (χ1v) is 14.9. The third-order valence-corrected chi connectivity index (χ3v) is 7.87. The van der Waals surface area contributed by atoms with Gasteiger partial charge < -0.3 is 20.3 Å². The molecule has 2 aromatic heterocycles. The fourth-order valence-corrected chi connectivity index (χ4v) is 5.89. The number of amides is 1. The molecule has 1 atom stereocenters. The number of carbonyl (C=O) groups excluding carboxylic acids is 1. The summed E-state index contributed by atoms with van der Waals surface area (Å²) in [6, 6.07) is 23.6. The van der Waals surface area contributed by atoms with Crippen molar-refractivity contribution >= 4 is 50.6 Å². The molecule has 3 aromatic carbocycles. The van der Waals surface area contributed by atoms with Crippen LogP contribution in [0.1, 0.15) is 17.2 Å². The lowest BCUT2D eigenvalue weighted by Gasteiger charge is -2.21. The van der Waals surface area contributed by atoms with Gasteiger partial charge in [-0.05, 0) is 55.1 Å². The molecule has 2 N–H and O–H groups in total. The molecule has 1 amide bonds. The van der Waals surface area contributed by atoms with E-state index >= 15 is 0 Å².